The number of alkyl halides is 3. The van der Waals surface area contributed by atoms with Crippen molar-refractivity contribution in [2.24, 2.45) is 0 Å². The van der Waals surface area contributed by atoms with Crippen LogP contribution in [0.4, 0.5) is 19.1 Å². The Labute approximate surface area is 121 Å². The Morgan fingerprint density at radius 2 is 1.95 bits per heavy atom. The lowest BCUT2D eigenvalue weighted by molar-refractivity contribution is -0.173. The SMILES string of the molecule is CC1CN(c2n[nH]c(CCOCC(F)(F)F)n2)CC(C)N1. The fraction of sp³-hybridized carbons (Fsp3) is 0.833. The molecule has 0 aromatic carbocycles. The molecule has 2 atom stereocenters. The van der Waals surface area contributed by atoms with Gasteiger partial charge in [0.15, 0.2) is 0 Å². The minimum Gasteiger partial charge on any atom is -0.372 e. The van der Waals surface area contributed by atoms with Crippen LogP contribution in [0.15, 0.2) is 0 Å². The summed E-state index contributed by atoms with van der Waals surface area (Å²) in [6.45, 7) is 4.49. The third-order valence-corrected chi connectivity index (χ3v) is 3.11. The molecule has 1 aromatic heterocycles. The van der Waals surface area contributed by atoms with Gasteiger partial charge in [0.1, 0.15) is 12.4 Å². The Hall–Kier alpha value is -1.35. The summed E-state index contributed by atoms with van der Waals surface area (Å²) in [5, 5.41) is 10.3. The van der Waals surface area contributed by atoms with Crippen LogP contribution in [0, 0.1) is 0 Å². The van der Waals surface area contributed by atoms with Gasteiger partial charge in [-0.3, -0.25) is 5.10 Å². The van der Waals surface area contributed by atoms with Gasteiger partial charge in [0.2, 0.25) is 5.95 Å². The van der Waals surface area contributed by atoms with Crippen molar-refractivity contribution < 1.29 is 17.9 Å². The number of aromatic nitrogens is 3. The van der Waals surface area contributed by atoms with E-state index in [2.05, 4.69) is 44.0 Å². The lowest BCUT2D eigenvalue weighted by Crippen LogP contribution is -2.54. The number of halogens is 3. The first kappa shape index (κ1) is 16.0. The zero-order chi connectivity index (χ0) is 15.5. The fourth-order valence-corrected chi connectivity index (χ4v) is 2.39. The predicted octanol–water partition coefficient (Wildman–Crippen LogP) is 1.11. The molecule has 2 heterocycles. The second-order valence-corrected chi connectivity index (χ2v) is 5.37. The van der Waals surface area contributed by atoms with Gasteiger partial charge >= 0.3 is 6.18 Å². The van der Waals surface area contributed by atoms with Gasteiger partial charge in [0.25, 0.3) is 0 Å². The molecule has 120 valence electrons. The number of piperazine rings is 1. The van der Waals surface area contributed by atoms with E-state index in [1.165, 1.54) is 0 Å². The molecule has 1 aliphatic rings. The molecule has 6 nitrogen and oxygen atoms in total. The minimum atomic E-state index is -4.29. The number of rotatable bonds is 5. The highest BCUT2D eigenvalue weighted by atomic mass is 19.4. The molecule has 0 spiro atoms. The number of hydrogen-bond donors (Lipinski definition) is 2. The van der Waals surface area contributed by atoms with Crippen LogP contribution in [0.3, 0.4) is 0 Å². The Kier molecular flexibility index (Phi) is 5.04. The fourth-order valence-electron chi connectivity index (χ4n) is 2.39. The number of nitrogens with one attached hydrogen (secondary N) is 2. The van der Waals surface area contributed by atoms with Crippen molar-refractivity contribution in [1.29, 1.82) is 0 Å². The molecule has 0 saturated carbocycles. The molecule has 21 heavy (non-hydrogen) atoms. The summed E-state index contributed by atoms with van der Waals surface area (Å²) in [6.07, 6.45) is -4.01. The second kappa shape index (κ2) is 6.61. The summed E-state index contributed by atoms with van der Waals surface area (Å²) in [4.78, 5) is 6.36. The monoisotopic (exact) mass is 307 g/mol. The lowest BCUT2D eigenvalue weighted by Gasteiger charge is -2.35. The van der Waals surface area contributed by atoms with E-state index >= 15 is 0 Å². The maximum Gasteiger partial charge on any atom is 0.411 e. The van der Waals surface area contributed by atoms with Crippen molar-refractivity contribution in [3.8, 4) is 0 Å². The molecule has 0 bridgehead atoms. The minimum absolute atomic E-state index is 0.0392. The van der Waals surface area contributed by atoms with Gasteiger partial charge in [-0.25, -0.2) is 0 Å². The van der Waals surface area contributed by atoms with Crippen molar-refractivity contribution in [3.63, 3.8) is 0 Å². The Morgan fingerprint density at radius 3 is 2.57 bits per heavy atom. The molecule has 1 saturated heterocycles. The molecule has 0 amide bonds. The summed E-state index contributed by atoms with van der Waals surface area (Å²) < 4.78 is 40.3. The van der Waals surface area contributed by atoms with Crippen LogP contribution >= 0.6 is 0 Å². The van der Waals surface area contributed by atoms with Crippen molar-refractivity contribution in [2.45, 2.75) is 38.5 Å². The van der Waals surface area contributed by atoms with E-state index in [0.717, 1.165) is 13.1 Å². The summed E-state index contributed by atoms with van der Waals surface area (Å²) in [6, 6.07) is 0.677. The molecule has 1 aliphatic heterocycles. The van der Waals surface area contributed by atoms with Gasteiger partial charge in [-0.1, -0.05) is 0 Å². The smallest absolute Gasteiger partial charge is 0.372 e. The molecule has 0 aliphatic carbocycles. The average Bonchev–Trinajstić information content (AvgIpc) is 2.81. The van der Waals surface area contributed by atoms with E-state index in [4.69, 9.17) is 0 Å². The maximum atomic E-state index is 11.9. The van der Waals surface area contributed by atoms with E-state index in [1.54, 1.807) is 0 Å². The number of H-pyrrole nitrogens is 1. The summed E-state index contributed by atoms with van der Waals surface area (Å²) >= 11 is 0. The van der Waals surface area contributed by atoms with Crippen molar-refractivity contribution in [3.05, 3.63) is 5.82 Å². The predicted molar refractivity (Wildman–Crippen MR) is 71.2 cm³/mol. The summed E-state index contributed by atoms with van der Waals surface area (Å²) in [5.41, 5.74) is 0. The molecule has 2 unspecified atom stereocenters. The van der Waals surface area contributed by atoms with Crippen LogP contribution in [0.25, 0.3) is 0 Å². The largest absolute Gasteiger partial charge is 0.411 e. The highest BCUT2D eigenvalue weighted by Crippen LogP contribution is 2.15. The zero-order valence-corrected chi connectivity index (χ0v) is 12.1. The molecular formula is C12H20F3N5O. The molecule has 1 aromatic rings. The van der Waals surface area contributed by atoms with Crippen LogP contribution in [-0.4, -0.2) is 59.7 Å². The third-order valence-electron chi connectivity index (χ3n) is 3.11. The van der Waals surface area contributed by atoms with Gasteiger partial charge in [-0.2, -0.15) is 18.2 Å². The van der Waals surface area contributed by atoms with E-state index in [1.807, 2.05) is 0 Å². The van der Waals surface area contributed by atoms with Crippen LogP contribution in [0.5, 0.6) is 0 Å². The normalized spacial score (nSPS) is 23.6. The van der Waals surface area contributed by atoms with Gasteiger partial charge in [-0.05, 0) is 13.8 Å². The van der Waals surface area contributed by atoms with E-state index < -0.39 is 12.8 Å². The van der Waals surface area contributed by atoms with Crippen molar-refractivity contribution in [2.75, 3.05) is 31.2 Å². The summed E-state index contributed by atoms with van der Waals surface area (Å²) in [5.74, 6) is 1.12. The van der Waals surface area contributed by atoms with Crippen LogP contribution < -0.4 is 10.2 Å². The first-order valence-electron chi connectivity index (χ1n) is 6.90. The van der Waals surface area contributed by atoms with Crippen LogP contribution in [0.2, 0.25) is 0 Å². The van der Waals surface area contributed by atoms with Crippen LogP contribution in [0.1, 0.15) is 19.7 Å². The van der Waals surface area contributed by atoms with Crippen molar-refractivity contribution >= 4 is 5.95 Å². The Balaban J connectivity index is 1.81. The molecule has 9 heteroatoms. The van der Waals surface area contributed by atoms with E-state index in [9.17, 15) is 13.2 Å². The number of aromatic amines is 1. The topological polar surface area (TPSA) is 66.1 Å². The third kappa shape index (κ3) is 5.16. The average molecular weight is 307 g/mol. The Bertz CT molecular complexity index is 440. The maximum absolute atomic E-state index is 11.9. The first-order chi connectivity index (χ1) is 9.83. The Morgan fingerprint density at radius 1 is 1.29 bits per heavy atom. The zero-order valence-electron chi connectivity index (χ0n) is 12.1. The highest BCUT2D eigenvalue weighted by Gasteiger charge is 2.27. The number of ether oxygens (including phenoxy) is 1. The molecule has 2 N–H and O–H groups in total. The van der Waals surface area contributed by atoms with Gasteiger partial charge < -0.3 is 15.0 Å². The van der Waals surface area contributed by atoms with Gasteiger partial charge in [0, 0.05) is 31.6 Å². The quantitative estimate of drug-likeness (QED) is 0.798. The van der Waals surface area contributed by atoms with E-state index in [-0.39, 0.29) is 13.0 Å². The van der Waals surface area contributed by atoms with Crippen LogP contribution in [-0.2, 0) is 11.2 Å². The molecule has 2 rings (SSSR count). The lowest BCUT2D eigenvalue weighted by atomic mass is 10.1. The second-order valence-electron chi connectivity index (χ2n) is 5.37. The molecule has 1 fully saturated rings. The number of hydrogen-bond acceptors (Lipinski definition) is 5. The molecule has 0 radical (unpaired) electrons. The van der Waals surface area contributed by atoms with Crippen molar-refractivity contribution in [1.82, 2.24) is 20.5 Å². The standard InChI is InChI=1S/C12H20F3N5O/c1-8-5-20(6-9(2)16-8)11-17-10(18-19-11)3-4-21-7-12(13,14)15/h8-9,16H,3-7H2,1-2H3,(H,17,18,19). The molecular weight excluding hydrogens is 287 g/mol. The first-order valence-corrected chi connectivity index (χ1v) is 6.90. The van der Waals surface area contributed by atoms with Gasteiger partial charge in [0.05, 0.1) is 6.61 Å². The highest BCUT2D eigenvalue weighted by molar-refractivity contribution is 5.30. The summed E-state index contributed by atoms with van der Waals surface area (Å²) in [7, 11) is 0. The van der Waals surface area contributed by atoms with E-state index in [0.29, 0.717) is 23.9 Å². The number of anilines is 1. The number of nitrogens with zero attached hydrogens (tertiary/aromatic N) is 3. The van der Waals surface area contributed by atoms with Gasteiger partial charge in [-0.15, -0.1) is 5.10 Å².